The smallest absolute Gasteiger partial charge is 0.227 e. The van der Waals surface area contributed by atoms with Crippen LogP contribution in [-0.2, 0) is 4.79 Å². The molecule has 2 aromatic carbocycles. The van der Waals surface area contributed by atoms with Crippen LogP contribution >= 0.6 is 11.8 Å². The maximum absolute atomic E-state index is 12.6. The lowest BCUT2D eigenvalue weighted by atomic mass is 10.1. The number of hydrogen-bond acceptors (Lipinski definition) is 6. The number of aryl methyl sites for hydroxylation is 1. The summed E-state index contributed by atoms with van der Waals surface area (Å²) in [6.45, 7) is 2.76. The molecule has 1 aliphatic rings. The van der Waals surface area contributed by atoms with Crippen molar-refractivity contribution in [2.45, 2.75) is 24.9 Å². The number of anilines is 1. The predicted octanol–water partition coefficient (Wildman–Crippen LogP) is 3.07. The Labute approximate surface area is 166 Å². The largest absolute Gasteiger partial charge is 0.312 e. The van der Waals surface area contributed by atoms with Crippen LogP contribution in [0.1, 0.15) is 28.8 Å². The standard InChI is InChI=1S/C20H19N5O2S/c1-14-4-8-17(9-5-14)25-20(21-22-23-25)28-13-18(26)15-6-10-16(11-7-15)24-12-2-3-19(24)27/h4-11H,2-3,12-13H2,1H3. The third kappa shape index (κ3) is 3.82. The lowest BCUT2D eigenvalue weighted by Gasteiger charge is -2.15. The van der Waals surface area contributed by atoms with Crippen LogP contribution in [0.25, 0.3) is 5.69 Å². The fraction of sp³-hybridized carbons (Fsp3) is 0.250. The van der Waals surface area contributed by atoms with E-state index >= 15 is 0 Å². The van der Waals surface area contributed by atoms with Gasteiger partial charge in [0.05, 0.1) is 11.4 Å². The van der Waals surface area contributed by atoms with Crippen LogP contribution in [0.2, 0.25) is 0 Å². The van der Waals surface area contributed by atoms with Gasteiger partial charge in [0.15, 0.2) is 5.78 Å². The van der Waals surface area contributed by atoms with Crippen LogP contribution < -0.4 is 4.90 Å². The average molecular weight is 393 g/mol. The number of carbonyl (C=O) groups excluding carboxylic acids is 2. The number of thioether (sulfide) groups is 1. The van der Waals surface area contributed by atoms with Gasteiger partial charge in [-0.25, -0.2) is 0 Å². The maximum atomic E-state index is 12.6. The normalized spacial score (nSPS) is 13.9. The number of hydrogen-bond donors (Lipinski definition) is 0. The first-order valence-electron chi connectivity index (χ1n) is 9.04. The minimum Gasteiger partial charge on any atom is -0.312 e. The molecule has 1 aliphatic heterocycles. The Bertz CT molecular complexity index is 998. The van der Waals surface area contributed by atoms with Gasteiger partial charge in [0.1, 0.15) is 0 Å². The molecule has 4 rings (SSSR count). The van der Waals surface area contributed by atoms with E-state index in [1.165, 1.54) is 11.8 Å². The summed E-state index contributed by atoms with van der Waals surface area (Å²) >= 11 is 1.30. The number of aromatic nitrogens is 4. The molecule has 0 bridgehead atoms. The molecule has 28 heavy (non-hydrogen) atoms. The Morgan fingerprint density at radius 3 is 2.46 bits per heavy atom. The third-order valence-electron chi connectivity index (χ3n) is 4.63. The van der Waals surface area contributed by atoms with Gasteiger partial charge in [-0.2, -0.15) is 4.68 Å². The zero-order valence-corrected chi connectivity index (χ0v) is 16.2. The van der Waals surface area contributed by atoms with Crippen molar-refractivity contribution in [1.82, 2.24) is 20.2 Å². The van der Waals surface area contributed by atoms with E-state index in [4.69, 9.17) is 0 Å². The second-order valence-electron chi connectivity index (χ2n) is 6.62. The summed E-state index contributed by atoms with van der Waals surface area (Å²) in [5, 5.41) is 12.3. The number of nitrogens with zero attached hydrogens (tertiary/aromatic N) is 5. The van der Waals surface area contributed by atoms with Crippen molar-refractivity contribution in [3.8, 4) is 5.69 Å². The van der Waals surface area contributed by atoms with E-state index in [9.17, 15) is 9.59 Å². The van der Waals surface area contributed by atoms with Crippen LogP contribution in [0.3, 0.4) is 0 Å². The molecule has 1 amide bonds. The highest BCUT2D eigenvalue weighted by Crippen LogP contribution is 2.23. The summed E-state index contributed by atoms with van der Waals surface area (Å²) < 4.78 is 1.62. The topological polar surface area (TPSA) is 81.0 Å². The van der Waals surface area contributed by atoms with Crippen molar-refractivity contribution in [2.75, 3.05) is 17.2 Å². The lowest BCUT2D eigenvalue weighted by Crippen LogP contribution is -2.23. The molecule has 2 heterocycles. The van der Waals surface area contributed by atoms with Gasteiger partial charge in [0.2, 0.25) is 11.1 Å². The van der Waals surface area contributed by atoms with Gasteiger partial charge in [-0.1, -0.05) is 29.5 Å². The van der Waals surface area contributed by atoms with Crippen molar-refractivity contribution in [1.29, 1.82) is 0 Å². The van der Waals surface area contributed by atoms with Crippen molar-refractivity contribution in [3.63, 3.8) is 0 Å². The van der Waals surface area contributed by atoms with Crippen LogP contribution in [0.4, 0.5) is 5.69 Å². The van der Waals surface area contributed by atoms with E-state index in [2.05, 4.69) is 15.5 Å². The fourth-order valence-corrected chi connectivity index (χ4v) is 3.86. The molecule has 0 aliphatic carbocycles. The third-order valence-corrected chi connectivity index (χ3v) is 5.55. The number of amides is 1. The maximum Gasteiger partial charge on any atom is 0.227 e. The van der Waals surface area contributed by atoms with E-state index in [0.717, 1.165) is 29.9 Å². The second kappa shape index (κ2) is 7.93. The zero-order chi connectivity index (χ0) is 19.5. The molecular weight excluding hydrogens is 374 g/mol. The Balaban J connectivity index is 1.42. The summed E-state index contributed by atoms with van der Waals surface area (Å²) in [6, 6.07) is 15.1. The Hall–Kier alpha value is -3.00. The minimum absolute atomic E-state index is 0.0113. The first-order valence-corrected chi connectivity index (χ1v) is 10.0. The first kappa shape index (κ1) is 18.4. The number of carbonyl (C=O) groups is 2. The monoisotopic (exact) mass is 393 g/mol. The molecule has 0 spiro atoms. The van der Waals surface area contributed by atoms with Crippen molar-refractivity contribution in [3.05, 3.63) is 59.7 Å². The number of ketones is 1. The second-order valence-corrected chi connectivity index (χ2v) is 7.56. The summed E-state index contributed by atoms with van der Waals surface area (Å²) in [6.07, 6.45) is 1.47. The summed E-state index contributed by atoms with van der Waals surface area (Å²) in [5.74, 6) is 0.356. The Kier molecular flexibility index (Phi) is 5.21. The number of tetrazole rings is 1. The molecule has 0 radical (unpaired) electrons. The van der Waals surface area contributed by atoms with Crippen molar-refractivity contribution < 1.29 is 9.59 Å². The SMILES string of the molecule is Cc1ccc(-n2nnnc2SCC(=O)c2ccc(N3CCCC3=O)cc2)cc1. The molecule has 3 aromatic rings. The van der Waals surface area contributed by atoms with E-state index in [1.54, 1.807) is 21.7 Å². The molecule has 1 saturated heterocycles. The molecule has 0 N–H and O–H groups in total. The molecule has 8 heteroatoms. The molecule has 7 nitrogen and oxygen atoms in total. The van der Waals surface area contributed by atoms with E-state index in [-0.39, 0.29) is 17.4 Å². The zero-order valence-electron chi connectivity index (χ0n) is 15.4. The first-order chi connectivity index (χ1) is 13.6. The van der Waals surface area contributed by atoms with Gasteiger partial charge in [-0.05, 0) is 60.2 Å². The highest BCUT2D eigenvalue weighted by molar-refractivity contribution is 7.99. The van der Waals surface area contributed by atoms with Gasteiger partial charge in [0, 0.05) is 24.2 Å². The highest BCUT2D eigenvalue weighted by atomic mass is 32.2. The molecule has 142 valence electrons. The summed E-state index contributed by atoms with van der Waals surface area (Å²) in [4.78, 5) is 26.1. The lowest BCUT2D eigenvalue weighted by molar-refractivity contribution is -0.117. The molecule has 0 saturated carbocycles. The van der Waals surface area contributed by atoms with Crippen molar-refractivity contribution >= 4 is 29.1 Å². The molecule has 1 fully saturated rings. The summed E-state index contributed by atoms with van der Waals surface area (Å²) in [5.41, 5.74) is 3.46. The molecule has 0 unspecified atom stereocenters. The minimum atomic E-state index is -0.0113. The Morgan fingerprint density at radius 1 is 1.07 bits per heavy atom. The number of Topliss-reactive ketones (excluding diaryl/α,β-unsaturated/α-hetero) is 1. The van der Waals surface area contributed by atoms with E-state index < -0.39 is 0 Å². The Morgan fingerprint density at radius 2 is 1.79 bits per heavy atom. The number of rotatable bonds is 6. The summed E-state index contributed by atoms with van der Waals surface area (Å²) in [7, 11) is 0. The van der Waals surface area contributed by atoms with Crippen LogP contribution in [0.15, 0.2) is 53.7 Å². The van der Waals surface area contributed by atoms with Gasteiger partial charge >= 0.3 is 0 Å². The van der Waals surface area contributed by atoms with E-state index in [0.29, 0.717) is 17.1 Å². The van der Waals surface area contributed by atoms with Gasteiger partial charge in [-0.15, -0.1) is 5.10 Å². The quantitative estimate of drug-likeness (QED) is 0.473. The average Bonchev–Trinajstić information content (AvgIpc) is 3.36. The molecule has 0 atom stereocenters. The van der Waals surface area contributed by atoms with E-state index in [1.807, 2.05) is 43.3 Å². The molecular formula is C20H19N5O2S. The molecule has 1 aromatic heterocycles. The van der Waals surface area contributed by atoms with Gasteiger partial charge < -0.3 is 4.90 Å². The van der Waals surface area contributed by atoms with Gasteiger partial charge in [-0.3, -0.25) is 9.59 Å². The van der Waals surface area contributed by atoms with Crippen LogP contribution in [0, 0.1) is 6.92 Å². The van der Waals surface area contributed by atoms with Crippen LogP contribution in [0.5, 0.6) is 0 Å². The van der Waals surface area contributed by atoms with Crippen molar-refractivity contribution in [2.24, 2.45) is 0 Å². The number of benzene rings is 2. The fourth-order valence-electron chi connectivity index (χ4n) is 3.08. The van der Waals surface area contributed by atoms with Crippen LogP contribution in [-0.4, -0.2) is 44.2 Å². The highest BCUT2D eigenvalue weighted by Gasteiger charge is 2.21. The predicted molar refractivity (Wildman–Crippen MR) is 107 cm³/mol. The van der Waals surface area contributed by atoms with Gasteiger partial charge in [0.25, 0.3) is 0 Å².